The molecule has 1 atom stereocenters. The molecule has 0 heterocycles. The molecule has 0 aromatic carbocycles. The number of rotatable bonds is 2. The van der Waals surface area contributed by atoms with Crippen LogP contribution in [0, 0.1) is 11.5 Å². The number of nitrogens with zero attached hydrogens (tertiary/aromatic N) is 1. The molecule has 0 saturated carbocycles. The van der Waals surface area contributed by atoms with Gasteiger partial charge in [0, 0.05) is 0 Å². The summed E-state index contributed by atoms with van der Waals surface area (Å²) in [5.41, 5.74) is 0. The van der Waals surface area contributed by atoms with Gasteiger partial charge in [0.15, 0.2) is 0 Å². The van der Waals surface area contributed by atoms with Gasteiger partial charge in [0.05, 0.1) is 0 Å². The molecule has 0 aromatic heterocycles. The van der Waals surface area contributed by atoms with E-state index in [0.717, 1.165) is 6.08 Å². The highest BCUT2D eigenvalue weighted by Gasteiger charge is 1.90. The lowest BCUT2D eigenvalue weighted by Crippen LogP contribution is -2.01. The standard InChI is InChI=1S/C4H5NO2/c1-2-4(6)7-3-5/h2,4,6H,1H2. The maximum Gasteiger partial charge on any atom is 0.289 e. The second-order valence-corrected chi connectivity index (χ2v) is 0.835. The van der Waals surface area contributed by atoms with Crippen molar-refractivity contribution in [1.29, 1.82) is 5.26 Å². The van der Waals surface area contributed by atoms with Crippen molar-refractivity contribution in [3.63, 3.8) is 0 Å². The van der Waals surface area contributed by atoms with Crippen molar-refractivity contribution < 1.29 is 9.84 Å². The Morgan fingerprint density at radius 1 is 2.00 bits per heavy atom. The van der Waals surface area contributed by atoms with Gasteiger partial charge in [-0.25, -0.2) is 0 Å². The van der Waals surface area contributed by atoms with Crippen molar-refractivity contribution in [2.75, 3.05) is 0 Å². The van der Waals surface area contributed by atoms with E-state index in [9.17, 15) is 0 Å². The first kappa shape index (κ1) is 5.99. The van der Waals surface area contributed by atoms with Crippen LogP contribution in [0.2, 0.25) is 0 Å². The van der Waals surface area contributed by atoms with Crippen molar-refractivity contribution in [2.24, 2.45) is 0 Å². The highest BCUT2D eigenvalue weighted by Crippen LogP contribution is 1.81. The number of hydrogen-bond acceptors (Lipinski definition) is 3. The largest absolute Gasteiger partial charge is 0.392 e. The van der Waals surface area contributed by atoms with E-state index in [-0.39, 0.29) is 0 Å². The summed E-state index contributed by atoms with van der Waals surface area (Å²) in [5.74, 6) is 0. The van der Waals surface area contributed by atoms with Crippen molar-refractivity contribution in [3.8, 4) is 6.26 Å². The molecule has 0 spiro atoms. The summed E-state index contributed by atoms with van der Waals surface area (Å²) in [6.45, 7) is 3.15. The summed E-state index contributed by atoms with van der Waals surface area (Å²) in [4.78, 5) is 0. The van der Waals surface area contributed by atoms with Gasteiger partial charge in [-0.15, -0.1) is 0 Å². The Morgan fingerprint density at radius 3 is 2.71 bits per heavy atom. The van der Waals surface area contributed by atoms with Gasteiger partial charge in [0.2, 0.25) is 6.29 Å². The Bertz CT molecular complexity index is 94.4. The molecule has 0 radical (unpaired) electrons. The van der Waals surface area contributed by atoms with Crippen LogP contribution in [-0.4, -0.2) is 11.4 Å². The molecule has 0 fully saturated rings. The molecule has 0 amide bonds. The van der Waals surface area contributed by atoms with Crippen LogP contribution in [-0.2, 0) is 4.74 Å². The third-order valence-electron chi connectivity index (χ3n) is 0.375. The molecular formula is C4H5NO2. The fraction of sp³-hybridized carbons (Fsp3) is 0.250. The van der Waals surface area contributed by atoms with Crippen LogP contribution in [0.5, 0.6) is 0 Å². The Balaban J connectivity index is 3.21. The van der Waals surface area contributed by atoms with Crippen LogP contribution < -0.4 is 0 Å². The number of nitriles is 1. The van der Waals surface area contributed by atoms with Gasteiger partial charge in [-0.2, -0.15) is 5.26 Å². The summed E-state index contributed by atoms with van der Waals surface area (Å²) in [6.07, 6.45) is 1.26. The molecule has 0 aliphatic rings. The summed E-state index contributed by atoms with van der Waals surface area (Å²) in [6, 6.07) is 0. The molecule has 7 heavy (non-hydrogen) atoms. The van der Waals surface area contributed by atoms with E-state index in [2.05, 4.69) is 11.3 Å². The Hall–Kier alpha value is -1.01. The molecule has 3 heteroatoms. The first-order valence-corrected chi connectivity index (χ1v) is 1.66. The SMILES string of the molecule is C=CC(O)OC#N. The minimum Gasteiger partial charge on any atom is -0.392 e. The first-order valence-electron chi connectivity index (χ1n) is 1.66. The van der Waals surface area contributed by atoms with Crippen molar-refractivity contribution in [3.05, 3.63) is 12.7 Å². The molecule has 1 N–H and O–H groups in total. The fourth-order valence-electron chi connectivity index (χ4n) is 0.102. The van der Waals surface area contributed by atoms with Gasteiger partial charge < -0.3 is 9.84 Å². The second kappa shape index (κ2) is 3.19. The zero-order chi connectivity index (χ0) is 5.70. The lowest BCUT2D eigenvalue weighted by molar-refractivity contribution is -0.000769. The lowest BCUT2D eigenvalue weighted by Gasteiger charge is -1.94. The predicted molar refractivity (Wildman–Crippen MR) is 22.9 cm³/mol. The molecule has 0 bridgehead atoms. The summed E-state index contributed by atoms with van der Waals surface area (Å²) >= 11 is 0. The van der Waals surface area contributed by atoms with E-state index in [1.54, 1.807) is 0 Å². The summed E-state index contributed by atoms with van der Waals surface area (Å²) in [5, 5.41) is 16.0. The maximum absolute atomic E-state index is 8.30. The van der Waals surface area contributed by atoms with Gasteiger partial charge in [-0.3, -0.25) is 0 Å². The smallest absolute Gasteiger partial charge is 0.289 e. The highest BCUT2D eigenvalue weighted by molar-refractivity contribution is 4.72. The average molecular weight is 99.1 g/mol. The zero-order valence-electron chi connectivity index (χ0n) is 3.66. The van der Waals surface area contributed by atoms with E-state index in [1.165, 1.54) is 6.26 Å². The van der Waals surface area contributed by atoms with Crippen LogP contribution in [0.15, 0.2) is 12.7 Å². The molecule has 0 saturated heterocycles. The minimum atomic E-state index is -1.15. The van der Waals surface area contributed by atoms with Gasteiger partial charge >= 0.3 is 0 Å². The lowest BCUT2D eigenvalue weighted by atomic mass is 10.6. The number of aliphatic hydroxyl groups excluding tert-OH is 1. The molecule has 0 aliphatic carbocycles. The van der Waals surface area contributed by atoms with E-state index >= 15 is 0 Å². The summed E-state index contributed by atoms with van der Waals surface area (Å²) < 4.78 is 3.93. The Kier molecular flexibility index (Phi) is 2.73. The summed E-state index contributed by atoms with van der Waals surface area (Å²) in [7, 11) is 0. The fourth-order valence-corrected chi connectivity index (χ4v) is 0.102. The van der Waals surface area contributed by atoms with Crippen LogP contribution in [0.25, 0.3) is 0 Å². The molecule has 0 aliphatic heterocycles. The van der Waals surface area contributed by atoms with Gasteiger partial charge in [-0.1, -0.05) is 6.58 Å². The van der Waals surface area contributed by atoms with E-state index < -0.39 is 6.29 Å². The van der Waals surface area contributed by atoms with Crippen LogP contribution in [0.1, 0.15) is 0 Å². The highest BCUT2D eigenvalue weighted by atomic mass is 16.6. The second-order valence-electron chi connectivity index (χ2n) is 0.835. The van der Waals surface area contributed by atoms with Crippen molar-refractivity contribution >= 4 is 0 Å². The van der Waals surface area contributed by atoms with Gasteiger partial charge in [0.25, 0.3) is 6.26 Å². The van der Waals surface area contributed by atoms with E-state index in [4.69, 9.17) is 10.4 Å². The molecule has 38 valence electrons. The third kappa shape index (κ3) is 2.80. The molecule has 0 aromatic rings. The van der Waals surface area contributed by atoms with Crippen molar-refractivity contribution in [1.82, 2.24) is 0 Å². The number of ether oxygens (including phenoxy) is 1. The van der Waals surface area contributed by atoms with Gasteiger partial charge in [0.1, 0.15) is 0 Å². The van der Waals surface area contributed by atoms with Crippen LogP contribution >= 0.6 is 0 Å². The average Bonchev–Trinajstić information content (AvgIpc) is 1.68. The minimum absolute atomic E-state index is 1.11. The Labute approximate surface area is 41.4 Å². The van der Waals surface area contributed by atoms with E-state index in [1.807, 2.05) is 0 Å². The van der Waals surface area contributed by atoms with Crippen LogP contribution in [0.4, 0.5) is 0 Å². The molecule has 1 unspecified atom stereocenters. The molecular weight excluding hydrogens is 94.0 g/mol. The molecule has 3 nitrogen and oxygen atoms in total. The quantitative estimate of drug-likeness (QED) is 0.301. The van der Waals surface area contributed by atoms with Crippen molar-refractivity contribution in [2.45, 2.75) is 6.29 Å². The van der Waals surface area contributed by atoms with E-state index in [0.29, 0.717) is 0 Å². The predicted octanol–water partition coefficient (Wildman–Crippen LogP) is -0.0115. The number of hydrogen-bond donors (Lipinski definition) is 1. The monoisotopic (exact) mass is 99.0 g/mol. The normalized spacial score (nSPS) is 11.4. The topological polar surface area (TPSA) is 53.2 Å². The zero-order valence-corrected chi connectivity index (χ0v) is 3.66. The van der Waals surface area contributed by atoms with Gasteiger partial charge in [-0.05, 0) is 6.08 Å². The third-order valence-corrected chi connectivity index (χ3v) is 0.375. The Morgan fingerprint density at radius 2 is 2.57 bits per heavy atom. The first-order chi connectivity index (χ1) is 3.31. The number of aliphatic hydroxyl groups is 1. The molecule has 0 rings (SSSR count). The maximum atomic E-state index is 8.30. The van der Waals surface area contributed by atoms with Crippen LogP contribution in [0.3, 0.4) is 0 Å².